The Morgan fingerprint density at radius 2 is 1.93 bits per heavy atom. The molecule has 1 aromatic heterocycles. The quantitative estimate of drug-likeness (QED) is 0.606. The molecule has 4 rings (SSSR count). The van der Waals surface area contributed by atoms with Gasteiger partial charge in [0.15, 0.2) is 5.82 Å². The van der Waals surface area contributed by atoms with Crippen LogP contribution in [0.5, 0.6) is 0 Å². The van der Waals surface area contributed by atoms with Gasteiger partial charge in [0.25, 0.3) is 0 Å². The maximum absolute atomic E-state index is 12.3. The van der Waals surface area contributed by atoms with E-state index in [1.165, 1.54) is 21.9 Å². The maximum Gasteiger partial charge on any atom is 0.415 e. The molecule has 0 radical (unpaired) electrons. The van der Waals surface area contributed by atoms with Crippen molar-refractivity contribution in [3.63, 3.8) is 0 Å². The van der Waals surface area contributed by atoms with Gasteiger partial charge in [-0.05, 0) is 35.2 Å². The number of carbonyl (C=O) groups is 1. The molecule has 0 spiro atoms. The minimum atomic E-state index is -0.433. The zero-order valence-corrected chi connectivity index (χ0v) is 17.3. The van der Waals surface area contributed by atoms with Crippen LogP contribution in [-0.4, -0.2) is 28.7 Å². The van der Waals surface area contributed by atoms with Gasteiger partial charge >= 0.3 is 6.09 Å². The van der Waals surface area contributed by atoms with Gasteiger partial charge in [0.05, 0.1) is 18.3 Å². The molecule has 1 aliphatic rings. The summed E-state index contributed by atoms with van der Waals surface area (Å²) in [6.07, 6.45) is 1.08. The van der Waals surface area contributed by atoms with E-state index in [1.54, 1.807) is 0 Å². The summed E-state index contributed by atoms with van der Waals surface area (Å²) in [7, 11) is 0. The van der Waals surface area contributed by atoms with Crippen molar-refractivity contribution in [1.82, 2.24) is 9.97 Å². The van der Waals surface area contributed by atoms with Crippen LogP contribution < -0.4 is 10.2 Å². The highest BCUT2D eigenvalue weighted by atomic mass is 35.5. The highest BCUT2D eigenvalue weighted by molar-refractivity contribution is 6.33. The number of nitrogens with zero attached hydrogens (tertiary/aromatic N) is 3. The summed E-state index contributed by atoms with van der Waals surface area (Å²) in [5, 5.41) is 6.00. The van der Waals surface area contributed by atoms with Gasteiger partial charge in [-0.25, -0.2) is 9.78 Å². The molecule has 2 atom stereocenters. The Morgan fingerprint density at radius 3 is 2.69 bits per heavy atom. The molecule has 29 heavy (non-hydrogen) atoms. The van der Waals surface area contributed by atoms with Crippen LogP contribution >= 0.6 is 11.6 Å². The molecule has 6 nitrogen and oxygen atoms in total. The summed E-state index contributed by atoms with van der Waals surface area (Å²) >= 11 is 6.33. The SMILES string of the molecule is CC(C)[C@H]1COC(=O)N1c1nc(N[C@@H](C)c2ccc3ccccc3c2)ncc1Cl. The molecule has 1 N–H and O–H groups in total. The summed E-state index contributed by atoms with van der Waals surface area (Å²) in [4.78, 5) is 22.7. The van der Waals surface area contributed by atoms with E-state index >= 15 is 0 Å². The van der Waals surface area contributed by atoms with E-state index in [0.717, 1.165) is 5.56 Å². The fourth-order valence-electron chi connectivity index (χ4n) is 3.52. The first-order chi connectivity index (χ1) is 13.9. The van der Waals surface area contributed by atoms with E-state index in [-0.39, 0.29) is 18.0 Å². The Bertz CT molecular complexity index is 1060. The third kappa shape index (κ3) is 3.85. The molecule has 1 aliphatic heterocycles. The molecule has 2 heterocycles. The highest BCUT2D eigenvalue weighted by Gasteiger charge is 2.38. The van der Waals surface area contributed by atoms with Crippen LogP contribution in [0.15, 0.2) is 48.7 Å². The topological polar surface area (TPSA) is 67.3 Å². The van der Waals surface area contributed by atoms with Crippen molar-refractivity contribution in [3.05, 3.63) is 59.2 Å². The Hall–Kier alpha value is -2.86. The van der Waals surface area contributed by atoms with E-state index in [1.807, 2.05) is 32.9 Å². The van der Waals surface area contributed by atoms with Gasteiger partial charge in [-0.3, -0.25) is 4.90 Å². The molecule has 1 amide bonds. The smallest absolute Gasteiger partial charge is 0.415 e. The first-order valence-electron chi connectivity index (χ1n) is 9.68. The van der Waals surface area contributed by atoms with E-state index in [4.69, 9.17) is 16.3 Å². The molecule has 150 valence electrons. The third-order valence-corrected chi connectivity index (χ3v) is 5.51. The summed E-state index contributed by atoms with van der Waals surface area (Å²) in [5.41, 5.74) is 1.12. The number of cyclic esters (lactones) is 1. The summed E-state index contributed by atoms with van der Waals surface area (Å²) in [6, 6.07) is 14.4. The van der Waals surface area contributed by atoms with Crippen LogP contribution in [0.1, 0.15) is 32.4 Å². The molecule has 1 saturated heterocycles. The maximum atomic E-state index is 12.3. The second-order valence-corrected chi connectivity index (χ2v) is 8.00. The predicted octanol–water partition coefficient (Wildman–Crippen LogP) is 5.44. The lowest BCUT2D eigenvalue weighted by atomic mass is 10.0. The number of aromatic nitrogens is 2. The molecule has 3 aromatic rings. The lowest BCUT2D eigenvalue weighted by molar-refractivity contribution is 0.177. The molecular formula is C22H23ClN4O2. The average molecular weight is 411 g/mol. The second-order valence-electron chi connectivity index (χ2n) is 7.60. The summed E-state index contributed by atoms with van der Waals surface area (Å²) in [6.45, 7) is 6.45. The van der Waals surface area contributed by atoms with Crippen LogP contribution in [0.25, 0.3) is 10.8 Å². The Morgan fingerprint density at radius 1 is 1.17 bits per heavy atom. The Kier molecular flexibility index (Phi) is 5.28. The molecule has 1 fully saturated rings. The second kappa shape index (κ2) is 7.87. The number of hydrogen-bond donors (Lipinski definition) is 1. The van der Waals surface area contributed by atoms with Crippen LogP contribution in [0.3, 0.4) is 0 Å². The van der Waals surface area contributed by atoms with E-state index < -0.39 is 6.09 Å². The monoisotopic (exact) mass is 410 g/mol. The van der Waals surface area contributed by atoms with Gasteiger partial charge in [-0.15, -0.1) is 0 Å². The summed E-state index contributed by atoms with van der Waals surface area (Å²) < 4.78 is 5.23. The fraction of sp³-hybridized carbons (Fsp3) is 0.318. The van der Waals surface area contributed by atoms with Crippen molar-refractivity contribution in [2.45, 2.75) is 32.9 Å². The van der Waals surface area contributed by atoms with E-state index in [2.05, 4.69) is 45.6 Å². The predicted molar refractivity (Wildman–Crippen MR) is 115 cm³/mol. The van der Waals surface area contributed by atoms with Gasteiger partial charge in [-0.1, -0.05) is 61.8 Å². The first-order valence-corrected chi connectivity index (χ1v) is 10.1. The molecule has 0 aliphatic carbocycles. The molecule has 0 saturated carbocycles. The number of halogens is 1. The number of fused-ring (bicyclic) bond motifs is 1. The van der Waals surface area contributed by atoms with Crippen LogP contribution in [-0.2, 0) is 4.74 Å². The van der Waals surface area contributed by atoms with Gasteiger partial charge < -0.3 is 10.1 Å². The van der Waals surface area contributed by atoms with E-state index in [0.29, 0.717) is 23.4 Å². The number of hydrogen-bond acceptors (Lipinski definition) is 5. The standard InChI is InChI=1S/C22H23ClN4O2/c1-13(2)19-12-29-22(28)27(19)20-18(23)11-24-21(26-20)25-14(3)16-9-8-15-6-4-5-7-17(15)10-16/h4-11,13-14,19H,12H2,1-3H3,(H,24,25,26)/t14-,19+/m0/s1. The molecule has 2 aromatic carbocycles. The number of ether oxygens (including phenoxy) is 1. The minimum Gasteiger partial charge on any atom is -0.447 e. The third-order valence-electron chi connectivity index (χ3n) is 5.25. The number of nitrogens with one attached hydrogen (secondary N) is 1. The molecule has 7 heteroatoms. The Balaban J connectivity index is 1.60. The lowest BCUT2D eigenvalue weighted by Gasteiger charge is -2.24. The zero-order valence-electron chi connectivity index (χ0n) is 16.6. The van der Waals surface area contributed by atoms with Crippen molar-refractivity contribution in [1.29, 1.82) is 0 Å². The molecule has 0 bridgehead atoms. The van der Waals surface area contributed by atoms with Crippen molar-refractivity contribution >= 4 is 40.2 Å². The van der Waals surface area contributed by atoms with Crippen molar-refractivity contribution in [3.8, 4) is 0 Å². The van der Waals surface area contributed by atoms with Crippen LogP contribution in [0.4, 0.5) is 16.6 Å². The van der Waals surface area contributed by atoms with Crippen molar-refractivity contribution in [2.75, 3.05) is 16.8 Å². The van der Waals surface area contributed by atoms with Crippen LogP contribution in [0, 0.1) is 5.92 Å². The van der Waals surface area contributed by atoms with Gasteiger partial charge in [0.1, 0.15) is 11.6 Å². The van der Waals surface area contributed by atoms with Crippen LogP contribution in [0.2, 0.25) is 5.02 Å². The average Bonchev–Trinajstić information content (AvgIpc) is 3.10. The molecule has 0 unspecified atom stereocenters. The first kappa shape index (κ1) is 19.5. The number of anilines is 2. The highest BCUT2D eigenvalue weighted by Crippen LogP contribution is 2.32. The van der Waals surface area contributed by atoms with Gasteiger partial charge in [0.2, 0.25) is 5.95 Å². The Labute approximate surface area is 174 Å². The summed E-state index contributed by atoms with van der Waals surface area (Å²) in [5.74, 6) is 0.990. The van der Waals surface area contributed by atoms with E-state index in [9.17, 15) is 4.79 Å². The van der Waals surface area contributed by atoms with Crippen molar-refractivity contribution in [2.24, 2.45) is 5.92 Å². The number of rotatable bonds is 5. The molecular weight excluding hydrogens is 388 g/mol. The lowest BCUT2D eigenvalue weighted by Crippen LogP contribution is -2.38. The normalized spacial score (nSPS) is 17.6. The zero-order chi connectivity index (χ0) is 20.5. The largest absolute Gasteiger partial charge is 0.447 e. The van der Waals surface area contributed by atoms with Crippen molar-refractivity contribution < 1.29 is 9.53 Å². The fourth-order valence-corrected chi connectivity index (χ4v) is 3.70. The number of amides is 1. The number of benzene rings is 2. The minimum absolute atomic E-state index is 0.0277. The van der Waals surface area contributed by atoms with Gasteiger partial charge in [-0.2, -0.15) is 4.98 Å². The number of carbonyl (C=O) groups excluding carboxylic acids is 1. The van der Waals surface area contributed by atoms with Gasteiger partial charge in [0, 0.05) is 0 Å².